The molecule has 0 bridgehead atoms. The standard InChI is InChI=1S/C25H26FNO5/c1-3-31-18-7-4-6-16(13-18)22-21(23(28)17-9-10-20(26)15(2)12-17)24(29)25(30)27(22)14-19-8-5-11-32-19/h4,6-7,9-10,12-13,19,22,28H,3,5,8,11,14H2,1-2H3/b23-21-. The number of ether oxygens (including phenoxy) is 2. The maximum Gasteiger partial charge on any atom is 0.295 e. The number of aliphatic hydroxyl groups is 1. The van der Waals surface area contributed by atoms with E-state index in [-0.39, 0.29) is 29.5 Å². The van der Waals surface area contributed by atoms with Crippen molar-refractivity contribution in [2.24, 2.45) is 0 Å². The lowest BCUT2D eigenvalue weighted by atomic mass is 9.94. The molecule has 0 saturated carbocycles. The van der Waals surface area contributed by atoms with Crippen LogP contribution in [0.2, 0.25) is 0 Å². The fraction of sp³-hybridized carbons (Fsp3) is 0.360. The Bertz CT molecular complexity index is 1070. The summed E-state index contributed by atoms with van der Waals surface area (Å²) < 4.78 is 25.1. The molecule has 168 valence electrons. The van der Waals surface area contributed by atoms with E-state index >= 15 is 0 Å². The first-order valence-corrected chi connectivity index (χ1v) is 10.8. The van der Waals surface area contributed by atoms with E-state index in [4.69, 9.17) is 9.47 Å². The zero-order chi connectivity index (χ0) is 22.8. The monoisotopic (exact) mass is 439 g/mol. The molecule has 2 heterocycles. The maximum atomic E-state index is 13.8. The van der Waals surface area contributed by atoms with Gasteiger partial charge in [-0.05, 0) is 68.1 Å². The molecule has 7 heteroatoms. The van der Waals surface area contributed by atoms with Crippen molar-refractivity contribution in [1.82, 2.24) is 4.90 Å². The average molecular weight is 439 g/mol. The van der Waals surface area contributed by atoms with Gasteiger partial charge < -0.3 is 19.5 Å². The lowest BCUT2D eigenvalue weighted by molar-refractivity contribution is -0.140. The van der Waals surface area contributed by atoms with Crippen LogP contribution in [0.4, 0.5) is 4.39 Å². The Hall–Kier alpha value is -3.19. The third-order valence-corrected chi connectivity index (χ3v) is 5.88. The van der Waals surface area contributed by atoms with Crippen molar-refractivity contribution in [2.75, 3.05) is 19.8 Å². The number of nitrogens with zero attached hydrogens (tertiary/aromatic N) is 1. The van der Waals surface area contributed by atoms with Crippen molar-refractivity contribution < 1.29 is 28.6 Å². The molecule has 2 unspecified atom stereocenters. The van der Waals surface area contributed by atoms with E-state index in [9.17, 15) is 19.1 Å². The smallest absolute Gasteiger partial charge is 0.295 e. The number of benzene rings is 2. The predicted molar refractivity (Wildman–Crippen MR) is 117 cm³/mol. The van der Waals surface area contributed by atoms with Gasteiger partial charge >= 0.3 is 0 Å². The topological polar surface area (TPSA) is 76.1 Å². The van der Waals surface area contributed by atoms with E-state index in [0.717, 1.165) is 12.8 Å². The summed E-state index contributed by atoms with van der Waals surface area (Å²) in [6, 6.07) is 10.4. The van der Waals surface area contributed by atoms with Crippen molar-refractivity contribution in [3.05, 3.63) is 70.5 Å². The number of aryl methyl sites for hydroxylation is 1. The van der Waals surface area contributed by atoms with Gasteiger partial charge in [0.1, 0.15) is 17.3 Å². The van der Waals surface area contributed by atoms with Crippen molar-refractivity contribution >= 4 is 17.4 Å². The summed E-state index contributed by atoms with van der Waals surface area (Å²) in [7, 11) is 0. The molecule has 1 N–H and O–H groups in total. The highest BCUT2D eigenvalue weighted by molar-refractivity contribution is 6.46. The number of hydrogen-bond donors (Lipinski definition) is 1. The normalized spacial score (nSPS) is 22.5. The van der Waals surface area contributed by atoms with Gasteiger partial charge in [-0.1, -0.05) is 12.1 Å². The van der Waals surface area contributed by atoms with E-state index in [0.29, 0.717) is 30.1 Å². The van der Waals surface area contributed by atoms with Crippen LogP contribution in [-0.4, -0.2) is 47.6 Å². The zero-order valence-corrected chi connectivity index (χ0v) is 18.1. The molecule has 0 radical (unpaired) electrons. The van der Waals surface area contributed by atoms with Gasteiger partial charge in [-0.15, -0.1) is 0 Å². The van der Waals surface area contributed by atoms with Crippen LogP contribution < -0.4 is 4.74 Å². The number of aliphatic hydroxyl groups excluding tert-OH is 1. The number of carbonyl (C=O) groups is 2. The van der Waals surface area contributed by atoms with Gasteiger partial charge in [0.05, 0.1) is 24.3 Å². The highest BCUT2D eigenvalue weighted by Gasteiger charge is 2.47. The second-order valence-corrected chi connectivity index (χ2v) is 8.06. The van der Waals surface area contributed by atoms with E-state index < -0.39 is 23.5 Å². The number of likely N-dealkylation sites (tertiary alicyclic amines) is 1. The van der Waals surface area contributed by atoms with Gasteiger partial charge in [-0.25, -0.2) is 4.39 Å². The molecular formula is C25H26FNO5. The Morgan fingerprint density at radius 1 is 1.25 bits per heavy atom. The van der Waals surface area contributed by atoms with Crippen molar-refractivity contribution in [1.29, 1.82) is 0 Å². The Morgan fingerprint density at radius 2 is 2.06 bits per heavy atom. The Morgan fingerprint density at radius 3 is 2.75 bits per heavy atom. The van der Waals surface area contributed by atoms with Gasteiger partial charge in [0, 0.05) is 18.7 Å². The zero-order valence-electron chi connectivity index (χ0n) is 18.1. The predicted octanol–water partition coefficient (Wildman–Crippen LogP) is 4.13. The summed E-state index contributed by atoms with van der Waals surface area (Å²) in [4.78, 5) is 27.6. The second kappa shape index (κ2) is 9.12. The van der Waals surface area contributed by atoms with Crippen LogP contribution in [0.1, 0.15) is 42.5 Å². The fourth-order valence-electron chi connectivity index (χ4n) is 4.31. The molecule has 2 aliphatic rings. The molecule has 6 nitrogen and oxygen atoms in total. The highest BCUT2D eigenvalue weighted by Crippen LogP contribution is 2.41. The minimum atomic E-state index is -0.801. The first-order valence-electron chi connectivity index (χ1n) is 10.8. The molecule has 2 aromatic carbocycles. The summed E-state index contributed by atoms with van der Waals surface area (Å²) in [5.74, 6) is -1.60. The van der Waals surface area contributed by atoms with E-state index in [1.54, 1.807) is 31.2 Å². The summed E-state index contributed by atoms with van der Waals surface area (Å²) in [6.45, 7) is 4.77. The number of rotatable bonds is 6. The number of halogens is 1. The van der Waals surface area contributed by atoms with Gasteiger partial charge in [0.15, 0.2) is 0 Å². The largest absolute Gasteiger partial charge is 0.507 e. The first kappa shape index (κ1) is 22.0. The van der Waals surface area contributed by atoms with E-state index in [2.05, 4.69) is 0 Å². The number of hydrogen-bond acceptors (Lipinski definition) is 5. The molecular weight excluding hydrogens is 413 g/mol. The summed E-state index contributed by atoms with van der Waals surface area (Å²) in [5.41, 5.74) is 1.24. The van der Waals surface area contributed by atoms with Crippen LogP contribution >= 0.6 is 0 Å². The fourth-order valence-corrected chi connectivity index (χ4v) is 4.31. The van der Waals surface area contributed by atoms with Crippen LogP contribution in [0.3, 0.4) is 0 Å². The molecule has 0 aromatic heterocycles. The van der Waals surface area contributed by atoms with Crippen LogP contribution in [0.15, 0.2) is 48.0 Å². The molecule has 2 fully saturated rings. The van der Waals surface area contributed by atoms with Crippen LogP contribution in [0.5, 0.6) is 5.75 Å². The van der Waals surface area contributed by atoms with Gasteiger partial charge in [-0.2, -0.15) is 0 Å². The van der Waals surface area contributed by atoms with Gasteiger partial charge in [-0.3, -0.25) is 9.59 Å². The number of carbonyl (C=O) groups excluding carboxylic acids is 2. The Labute approximate surface area is 186 Å². The lowest BCUT2D eigenvalue weighted by Gasteiger charge is -2.27. The van der Waals surface area contributed by atoms with Gasteiger partial charge in [0.2, 0.25) is 0 Å². The highest BCUT2D eigenvalue weighted by atomic mass is 19.1. The average Bonchev–Trinajstić information content (AvgIpc) is 3.38. The lowest BCUT2D eigenvalue weighted by Crippen LogP contribution is -2.36. The molecule has 0 spiro atoms. The minimum Gasteiger partial charge on any atom is -0.507 e. The Balaban J connectivity index is 1.84. The summed E-state index contributed by atoms with van der Waals surface area (Å²) >= 11 is 0. The number of amides is 1. The van der Waals surface area contributed by atoms with Gasteiger partial charge in [0.25, 0.3) is 11.7 Å². The molecule has 0 aliphatic carbocycles. The van der Waals surface area contributed by atoms with Crippen molar-refractivity contribution in [3.63, 3.8) is 0 Å². The molecule has 4 rings (SSSR count). The third kappa shape index (κ3) is 4.12. The van der Waals surface area contributed by atoms with Crippen molar-refractivity contribution in [3.8, 4) is 5.75 Å². The number of ketones is 1. The van der Waals surface area contributed by atoms with Crippen LogP contribution in [-0.2, 0) is 14.3 Å². The Kier molecular flexibility index (Phi) is 6.28. The second-order valence-electron chi connectivity index (χ2n) is 8.06. The van der Waals surface area contributed by atoms with E-state index in [1.165, 1.54) is 23.1 Å². The molecule has 2 saturated heterocycles. The van der Waals surface area contributed by atoms with Crippen LogP contribution in [0, 0.1) is 12.7 Å². The first-order chi connectivity index (χ1) is 15.4. The quantitative estimate of drug-likeness (QED) is 0.416. The SMILES string of the molecule is CCOc1cccc(C2/C(=C(/O)c3ccc(F)c(C)c3)C(=O)C(=O)N2CC2CCCO2)c1. The third-order valence-electron chi connectivity index (χ3n) is 5.88. The van der Waals surface area contributed by atoms with Crippen molar-refractivity contribution in [2.45, 2.75) is 38.8 Å². The molecule has 32 heavy (non-hydrogen) atoms. The molecule has 2 atom stereocenters. The van der Waals surface area contributed by atoms with E-state index in [1.807, 2.05) is 6.92 Å². The summed E-state index contributed by atoms with van der Waals surface area (Å²) in [5, 5.41) is 11.1. The molecule has 2 aromatic rings. The minimum absolute atomic E-state index is 0.0207. The molecule has 2 aliphatic heterocycles. The van der Waals surface area contributed by atoms with Crippen LogP contribution in [0.25, 0.3) is 5.76 Å². The molecule has 1 amide bonds. The summed E-state index contributed by atoms with van der Waals surface area (Å²) in [6.07, 6.45) is 1.53. The maximum absolute atomic E-state index is 13.8. The number of Topliss-reactive ketones (excluding diaryl/α,β-unsaturated/α-hetero) is 1.